The fraction of sp³-hybridized carbons (Fsp3) is 0.619. The SMILES string of the molecule is CCC1CCCC(NC(=NCC(=O)N(C)C)NC(C)c2ccccc2)C1.I. The topological polar surface area (TPSA) is 56.7 Å². The maximum Gasteiger partial charge on any atom is 0.243 e. The second-order valence-electron chi connectivity index (χ2n) is 7.51. The van der Waals surface area contributed by atoms with E-state index in [-0.39, 0.29) is 42.5 Å². The van der Waals surface area contributed by atoms with Gasteiger partial charge in [-0.25, -0.2) is 4.99 Å². The number of benzene rings is 1. The highest BCUT2D eigenvalue weighted by Crippen LogP contribution is 2.26. The number of rotatable bonds is 6. The molecule has 5 nitrogen and oxygen atoms in total. The molecule has 6 heteroatoms. The van der Waals surface area contributed by atoms with E-state index < -0.39 is 0 Å². The molecule has 1 fully saturated rings. The Bertz CT molecular complexity index is 591. The van der Waals surface area contributed by atoms with E-state index in [9.17, 15) is 4.79 Å². The molecule has 0 aliphatic heterocycles. The number of nitrogens with zero attached hydrogens (tertiary/aromatic N) is 2. The molecule has 0 heterocycles. The molecular formula is C21H35IN4O. The van der Waals surface area contributed by atoms with Gasteiger partial charge in [0.2, 0.25) is 5.91 Å². The first kappa shape index (κ1) is 23.7. The molecule has 0 radical (unpaired) electrons. The first-order chi connectivity index (χ1) is 12.5. The average molecular weight is 486 g/mol. The van der Waals surface area contributed by atoms with Crippen LogP contribution in [0.1, 0.15) is 57.6 Å². The largest absolute Gasteiger partial charge is 0.354 e. The van der Waals surface area contributed by atoms with Crippen molar-refractivity contribution in [1.82, 2.24) is 15.5 Å². The van der Waals surface area contributed by atoms with Crippen molar-refractivity contribution in [3.63, 3.8) is 0 Å². The molecule has 0 aromatic heterocycles. The number of nitrogens with one attached hydrogen (secondary N) is 2. The van der Waals surface area contributed by atoms with Gasteiger partial charge in [0.05, 0.1) is 6.04 Å². The van der Waals surface area contributed by atoms with E-state index in [4.69, 9.17) is 0 Å². The Kier molecular flexibility index (Phi) is 10.7. The fourth-order valence-corrected chi connectivity index (χ4v) is 3.44. The number of amides is 1. The fourth-order valence-electron chi connectivity index (χ4n) is 3.44. The molecule has 1 aliphatic carbocycles. The third-order valence-corrected chi connectivity index (χ3v) is 5.23. The minimum absolute atomic E-state index is 0. The Morgan fingerprint density at radius 2 is 1.96 bits per heavy atom. The van der Waals surface area contributed by atoms with Crippen LogP contribution in [-0.2, 0) is 4.79 Å². The van der Waals surface area contributed by atoms with Gasteiger partial charge in [-0.2, -0.15) is 0 Å². The molecule has 2 rings (SSSR count). The molecule has 0 bridgehead atoms. The number of carbonyl (C=O) groups excluding carboxylic acids is 1. The average Bonchev–Trinajstić information content (AvgIpc) is 2.66. The molecule has 3 atom stereocenters. The number of hydrogen-bond acceptors (Lipinski definition) is 2. The normalized spacial score (nSPS) is 21.0. The summed E-state index contributed by atoms with van der Waals surface area (Å²) in [5, 5.41) is 7.06. The van der Waals surface area contributed by atoms with Crippen molar-refractivity contribution in [3.05, 3.63) is 35.9 Å². The van der Waals surface area contributed by atoms with Crippen LogP contribution < -0.4 is 10.6 Å². The van der Waals surface area contributed by atoms with Crippen molar-refractivity contribution in [2.75, 3.05) is 20.6 Å². The first-order valence-corrected chi connectivity index (χ1v) is 9.82. The minimum atomic E-state index is 0. The molecule has 1 saturated carbocycles. The van der Waals surface area contributed by atoms with Gasteiger partial charge >= 0.3 is 0 Å². The van der Waals surface area contributed by atoms with Gasteiger partial charge < -0.3 is 15.5 Å². The molecule has 152 valence electrons. The first-order valence-electron chi connectivity index (χ1n) is 9.82. The zero-order chi connectivity index (χ0) is 18.9. The molecular weight excluding hydrogens is 451 g/mol. The van der Waals surface area contributed by atoms with Crippen LogP contribution in [0.2, 0.25) is 0 Å². The van der Waals surface area contributed by atoms with E-state index in [0.717, 1.165) is 11.9 Å². The monoisotopic (exact) mass is 486 g/mol. The maximum absolute atomic E-state index is 12.0. The lowest BCUT2D eigenvalue weighted by molar-refractivity contribution is -0.127. The van der Waals surface area contributed by atoms with Crippen LogP contribution in [0.3, 0.4) is 0 Å². The van der Waals surface area contributed by atoms with Crippen molar-refractivity contribution in [3.8, 4) is 0 Å². The van der Waals surface area contributed by atoms with Crippen molar-refractivity contribution in [2.45, 2.75) is 58.0 Å². The van der Waals surface area contributed by atoms with E-state index in [1.165, 1.54) is 37.7 Å². The summed E-state index contributed by atoms with van der Waals surface area (Å²) < 4.78 is 0. The van der Waals surface area contributed by atoms with Crippen molar-refractivity contribution in [1.29, 1.82) is 0 Å². The Hall–Kier alpha value is -1.31. The van der Waals surface area contributed by atoms with Gasteiger partial charge in [0, 0.05) is 20.1 Å². The Morgan fingerprint density at radius 1 is 1.26 bits per heavy atom. The Balaban J connectivity index is 0.00000364. The smallest absolute Gasteiger partial charge is 0.243 e. The lowest BCUT2D eigenvalue weighted by Crippen LogP contribution is -2.46. The van der Waals surface area contributed by atoms with Crippen molar-refractivity contribution >= 4 is 35.8 Å². The number of carbonyl (C=O) groups is 1. The predicted molar refractivity (Wildman–Crippen MR) is 124 cm³/mol. The summed E-state index contributed by atoms with van der Waals surface area (Å²) in [4.78, 5) is 18.1. The highest BCUT2D eigenvalue weighted by Gasteiger charge is 2.22. The molecule has 1 amide bonds. The Labute approximate surface area is 181 Å². The van der Waals surface area contributed by atoms with Gasteiger partial charge in [0.1, 0.15) is 6.54 Å². The van der Waals surface area contributed by atoms with Crippen molar-refractivity contribution in [2.24, 2.45) is 10.9 Å². The molecule has 1 aromatic rings. The van der Waals surface area contributed by atoms with Gasteiger partial charge in [-0.15, -0.1) is 24.0 Å². The number of halogens is 1. The summed E-state index contributed by atoms with van der Waals surface area (Å²) in [6.45, 7) is 4.55. The molecule has 1 aromatic carbocycles. The van der Waals surface area contributed by atoms with Crippen LogP contribution in [0.15, 0.2) is 35.3 Å². The standard InChI is InChI=1S/C21H34N4O.HI/c1-5-17-10-9-13-19(14-17)24-21(22-15-20(26)25(3)4)23-16(2)18-11-7-6-8-12-18;/h6-8,11-12,16-17,19H,5,9-10,13-15H2,1-4H3,(H2,22,23,24);1H. The van der Waals surface area contributed by atoms with Crippen LogP contribution in [0.25, 0.3) is 0 Å². The molecule has 0 spiro atoms. The summed E-state index contributed by atoms with van der Waals surface area (Å²) >= 11 is 0. The van der Waals surface area contributed by atoms with Gasteiger partial charge in [0.15, 0.2) is 5.96 Å². The highest BCUT2D eigenvalue weighted by atomic mass is 127. The van der Waals surface area contributed by atoms with Crippen LogP contribution in [0.4, 0.5) is 0 Å². The number of aliphatic imine (C=N–C) groups is 1. The van der Waals surface area contributed by atoms with Crippen molar-refractivity contribution < 1.29 is 4.79 Å². The Morgan fingerprint density at radius 3 is 2.59 bits per heavy atom. The van der Waals surface area contributed by atoms with E-state index in [1.54, 1.807) is 19.0 Å². The molecule has 1 aliphatic rings. The summed E-state index contributed by atoms with van der Waals surface area (Å²) in [6, 6.07) is 10.9. The maximum atomic E-state index is 12.0. The molecule has 0 saturated heterocycles. The zero-order valence-electron chi connectivity index (χ0n) is 17.1. The van der Waals surface area contributed by atoms with Crippen LogP contribution >= 0.6 is 24.0 Å². The van der Waals surface area contributed by atoms with Crippen LogP contribution in [0.5, 0.6) is 0 Å². The second-order valence-corrected chi connectivity index (χ2v) is 7.51. The van der Waals surface area contributed by atoms with Gasteiger partial charge in [-0.05, 0) is 31.2 Å². The zero-order valence-corrected chi connectivity index (χ0v) is 19.4. The van der Waals surface area contributed by atoms with E-state index >= 15 is 0 Å². The van der Waals surface area contributed by atoms with E-state index in [1.807, 2.05) is 18.2 Å². The number of guanidine groups is 1. The molecule has 3 unspecified atom stereocenters. The van der Waals surface area contributed by atoms with E-state index in [0.29, 0.717) is 6.04 Å². The van der Waals surface area contributed by atoms with Gasteiger partial charge in [0.25, 0.3) is 0 Å². The van der Waals surface area contributed by atoms with Gasteiger partial charge in [-0.3, -0.25) is 4.79 Å². The lowest BCUT2D eigenvalue weighted by atomic mass is 9.84. The number of likely N-dealkylation sites (N-methyl/N-ethyl adjacent to an activating group) is 1. The van der Waals surface area contributed by atoms with E-state index in [2.05, 4.69) is 41.6 Å². The minimum Gasteiger partial charge on any atom is -0.354 e. The highest BCUT2D eigenvalue weighted by molar-refractivity contribution is 14.0. The summed E-state index contributed by atoms with van der Waals surface area (Å²) in [7, 11) is 3.52. The lowest BCUT2D eigenvalue weighted by Gasteiger charge is -2.31. The molecule has 27 heavy (non-hydrogen) atoms. The van der Waals surface area contributed by atoms with Crippen LogP contribution in [-0.4, -0.2) is 43.4 Å². The van der Waals surface area contributed by atoms with Gasteiger partial charge in [-0.1, -0.05) is 56.5 Å². The summed E-state index contributed by atoms with van der Waals surface area (Å²) in [5.74, 6) is 1.53. The molecule has 2 N–H and O–H groups in total. The summed E-state index contributed by atoms with van der Waals surface area (Å²) in [5.41, 5.74) is 1.20. The number of hydrogen-bond donors (Lipinski definition) is 2. The third kappa shape index (κ3) is 8.07. The quantitative estimate of drug-likeness (QED) is 0.364. The summed E-state index contributed by atoms with van der Waals surface area (Å²) in [6.07, 6.45) is 6.16. The predicted octanol–water partition coefficient (Wildman–Crippen LogP) is 3.96. The van der Waals surface area contributed by atoms with Crippen LogP contribution in [0, 0.1) is 5.92 Å². The second kappa shape index (κ2) is 12.2. The third-order valence-electron chi connectivity index (χ3n) is 5.23.